The van der Waals surface area contributed by atoms with Gasteiger partial charge in [0.15, 0.2) is 0 Å². The summed E-state index contributed by atoms with van der Waals surface area (Å²) in [6, 6.07) is 10.2. The van der Waals surface area contributed by atoms with Crippen LogP contribution in [0.1, 0.15) is 25.8 Å². The first-order chi connectivity index (χ1) is 9.88. The first-order valence-electron chi connectivity index (χ1n) is 7.55. The number of carbonyl (C=O) groups excluding carboxylic acids is 1. The SMILES string of the molecule is CC(C)CC(CN(C)C)NC(=O)C(S)Cc1ccccc1. The smallest absolute Gasteiger partial charge is 0.233 e. The number of hydrogen-bond donors (Lipinski definition) is 2. The zero-order valence-corrected chi connectivity index (χ0v) is 14.4. The van der Waals surface area contributed by atoms with Crippen LogP contribution < -0.4 is 5.32 Å². The van der Waals surface area contributed by atoms with Crippen molar-refractivity contribution in [3.05, 3.63) is 35.9 Å². The van der Waals surface area contributed by atoms with E-state index in [1.165, 1.54) is 0 Å². The molecule has 4 heteroatoms. The molecule has 3 nitrogen and oxygen atoms in total. The standard InChI is InChI=1S/C17H28N2OS/c1-13(2)10-15(12-19(3)4)18-17(20)16(21)11-14-8-6-5-7-9-14/h5-9,13,15-16,21H,10-12H2,1-4H3,(H,18,20). The molecule has 1 rings (SSSR count). The lowest BCUT2D eigenvalue weighted by molar-refractivity contribution is -0.121. The van der Waals surface area contributed by atoms with E-state index in [0.29, 0.717) is 12.3 Å². The van der Waals surface area contributed by atoms with Crippen molar-refractivity contribution in [2.75, 3.05) is 20.6 Å². The Bertz CT molecular complexity index is 410. The van der Waals surface area contributed by atoms with Crippen molar-refractivity contribution in [1.29, 1.82) is 0 Å². The molecule has 1 aromatic rings. The Hall–Kier alpha value is -1.00. The minimum atomic E-state index is -0.302. The number of amides is 1. The van der Waals surface area contributed by atoms with Crippen molar-refractivity contribution in [1.82, 2.24) is 10.2 Å². The highest BCUT2D eigenvalue weighted by Gasteiger charge is 2.20. The second kappa shape index (κ2) is 9.11. The molecule has 0 radical (unpaired) electrons. The molecule has 0 spiro atoms. The third kappa shape index (κ3) is 7.53. The first kappa shape index (κ1) is 18.1. The highest BCUT2D eigenvalue weighted by Crippen LogP contribution is 2.10. The van der Waals surface area contributed by atoms with Gasteiger partial charge in [0, 0.05) is 12.6 Å². The first-order valence-corrected chi connectivity index (χ1v) is 8.07. The van der Waals surface area contributed by atoms with Crippen molar-refractivity contribution < 1.29 is 4.79 Å². The molecule has 0 bridgehead atoms. The van der Waals surface area contributed by atoms with E-state index >= 15 is 0 Å². The summed E-state index contributed by atoms with van der Waals surface area (Å²) < 4.78 is 0. The van der Waals surface area contributed by atoms with Crippen LogP contribution in [0.3, 0.4) is 0 Å². The van der Waals surface area contributed by atoms with Crippen LogP contribution in [0.15, 0.2) is 30.3 Å². The van der Waals surface area contributed by atoms with Crippen LogP contribution in [-0.2, 0) is 11.2 Å². The minimum absolute atomic E-state index is 0.0229. The number of likely N-dealkylation sites (N-methyl/N-ethyl adjacent to an activating group) is 1. The van der Waals surface area contributed by atoms with Gasteiger partial charge in [0.2, 0.25) is 5.91 Å². The molecule has 0 aliphatic heterocycles. The molecule has 1 amide bonds. The molecule has 21 heavy (non-hydrogen) atoms. The quantitative estimate of drug-likeness (QED) is 0.724. The van der Waals surface area contributed by atoms with E-state index < -0.39 is 0 Å². The van der Waals surface area contributed by atoms with Gasteiger partial charge in [0.05, 0.1) is 5.25 Å². The molecule has 0 aromatic heterocycles. The Balaban J connectivity index is 2.55. The number of carbonyl (C=O) groups is 1. The average molecular weight is 308 g/mol. The molecule has 2 atom stereocenters. The molecule has 1 aromatic carbocycles. The Morgan fingerprint density at radius 3 is 2.38 bits per heavy atom. The normalized spacial score (nSPS) is 14.2. The lowest BCUT2D eigenvalue weighted by atomic mass is 10.0. The fourth-order valence-electron chi connectivity index (χ4n) is 2.42. The minimum Gasteiger partial charge on any atom is -0.351 e. The van der Waals surface area contributed by atoms with E-state index in [-0.39, 0.29) is 17.2 Å². The fraction of sp³-hybridized carbons (Fsp3) is 0.588. The van der Waals surface area contributed by atoms with Crippen molar-refractivity contribution >= 4 is 18.5 Å². The highest BCUT2D eigenvalue weighted by atomic mass is 32.1. The number of nitrogens with zero attached hydrogens (tertiary/aromatic N) is 1. The largest absolute Gasteiger partial charge is 0.351 e. The maximum atomic E-state index is 12.3. The highest BCUT2D eigenvalue weighted by molar-refractivity contribution is 7.81. The predicted molar refractivity (Wildman–Crippen MR) is 92.9 cm³/mol. The van der Waals surface area contributed by atoms with E-state index in [1.807, 2.05) is 44.4 Å². The molecular weight excluding hydrogens is 280 g/mol. The lowest BCUT2D eigenvalue weighted by Gasteiger charge is -2.25. The Kier molecular flexibility index (Phi) is 7.83. The van der Waals surface area contributed by atoms with E-state index in [4.69, 9.17) is 0 Å². The molecule has 0 saturated heterocycles. The number of nitrogens with one attached hydrogen (secondary N) is 1. The third-order valence-corrected chi connectivity index (χ3v) is 3.68. The van der Waals surface area contributed by atoms with E-state index in [2.05, 4.69) is 36.7 Å². The van der Waals surface area contributed by atoms with Gasteiger partial charge in [-0.3, -0.25) is 4.79 Å². The fourth-order valence-corrected chi connectivity index (χ4v) is 2.70. The van der Waals surface area contributed by atoms with Gasteiger partial charge < -0.3 is 10.2 Å². The van der Waals surface area contributed by atoms with Gasteiger partial charge in [0.1, 0.15) is 0 Å². The van der Waals surface area contributed by atoms with Gasteiger partial charge in [0.25, 0.3) is 0 Å². The topological polar surface area (TPSA) is 32.3 Å². The van der Waals surface area contributed by atoms with Gasteiger partial charge in [-0.05, 0) is 38.4 Å². The van der Waals surface area contributed by atoms with Crippen LogP contribution in [0, 0.1) is 5.92 Å². The Labute approximate surface area is 134 Å². The van der Waals surface area contributed by atoms with Crippen LogP contribution in [-0.4, -0.2) is 42.7 Å². The Morgan fingerprint density at radius 1 is 1.24 bits per heavy atom. The zero-order valence-electron chi connectivity index (χ0n) is 13.5. The van der Waals surface area contributed by atoms with Crippen molar-refractivity contribution in [3.63, 3.8) is 0 Å². The number of thiol groups is 1. The van der Waals surface area contributed by atoms with Gasteiger partial charge in [-0.15, -0.1) is 0 Å². The van der Waals surface area contributed by atoms with E-state index in [9.17, 15) is 4.79 Å². The monoisotopic (exact) mass is 308 g/mol. The summed E-state index contributed by atoms with van der Waals surface area (Å²) in [7, 11) is 4.06. The second-order valence-corrected chi connectivity index (χ2v) is 6.93. The van der Waals surface area contributed by atoms with E-state index in [0.717, 1.165) is 18.5 Å². The molecule has 0 fully saturated rings. The average Bonchev–Trinajstić information content (AvgIpc) is 2.38. The Morgan fingerprint density at radius 2 is 1.86 bits per heavy atom. The maximum absolute atomic E-state index is 12.3. The second-order valence-electron chi connectivity index (χ2n) is 6.30. The van der Waals surface area contributed by atoms with Crippen LogP contribution in [0.4, 0.5) is 0 Å². The number of benzene rings is 1. The molecular formula is C17H28N2OS. The molecule has 0 aliphatic rings. The van der Waals surface area contributed by atoms with Crippen LogP contribution in [0.25, 0.3) is 0 Å². The number of hydrogen-bond acceptors (Lipinski definition) is 3. The molecule has 118 valence electrons. The molecule has 0 heterocycles. The molecule has 0 saturated carbocycles. The summed E-state index contributed by atoms with van der Waals surface area (Å²) in [5.74, 6) is 0.581. The van der Waals surface area contributed by atoms with Gasteiger partial charge >= 0.3 is 0 Å². The van der Waals surface area contributed by atoms with Crippen molar-refractivity contribution in [2.24, 2.45) is 5.92 Å². The predicted octanol–water partition coefficient (Wildman–Crippen LogP) is 2.62. The van der Waals surface area contributed by atoms with Gasteiger partial charge in [-0.1, -0.05) is 44.2 Å². The van der Waals surface area contributed by atoms with E-state index in [1.54, 1.807) is 0 Å². The van der Waals surface area contributed by atoms with Gasteiger partial charge in [-0.2, -0.15) is 12.6 Å². The maximum Gasteiger partial charge on any atom is 0.233 e. The molecule has 1 N–H and O–H groups in total. The van der Waals surface area contributed by atoms with Crippen molar-refractivity contribution in [3.8, 4) is 0 Å². The summed E-state index contributed by atoms with van der Waals surface area (Å²) >= 11 is 4.47. The lowest BCUT2D eigenvalue weighted by Crippen LogP contribution is -2.45. The van der Waals surface area contributed by atoms with Gasteiger partial charge in [-0.25, -0.2) is 0 Å². The summed E-state index contributed by atoms with van der Waals surface area (Å²) in [6.45, 7) is 5.21. The molecule has 2 unspecified atom stereocenters. The van der Waals surface area contributed by atoms with Crippen LogP contribution >= 0.6 is 12.6 Å². The summed E-state index contributed by atoms with van der Waals surface area (Å²) in [4.78, 5) is 14.4. The third-order valence-electron chi connectivity index (χ3n) is 3.26. The zero-order chi connectivity index (χ0) is 15.8. The summed E-state index contributed by atoms with van der Waals surface area (Å²) in [5, 5.41) is 2.84. The summed E-state index contributed by atoms with van der Waals surface area (Å²) in [6.07, 6.45) is 1.64. The van der Waals surface area contributed by atoms with Crippen LogP contribution in [0.5, 0.6) is 0 Å². The van der Waals surface area contributed by atoms with Crippen LogP contribution in [0.2, 0.25) is 0 Å². The number of rotatable bonds is 8. The summed E-state index contributed by atoms with van der Waals surface area (Å²) in [5.41, 5.74) is 1.14. The van der Waals surface area contributed by atoms with Crippen molar-refractivity contribution in [2.45, 2.75) is 38.0 Å². The molecule has 0 aliphatic carbocycles.